The Balaban J connectivity index is 1.81. The van der Waals surface area contributed by atoms with Crippen molar-refractivity contribution in [3.8, 4) is 6.07 Å². The Kier molecular flexibility index (Phi) is 4.86. The van der Waals surface area contributed by atoms with E-state index in [1.54, 1.807) is 12.1 Å². The van der Waals surface area contributed by atoms with E-state index in [0.29, 0.717) is 16.7 Å². The summed E-state index contributed by atoms with van der Waals surface area (Å²) in [6.45, 7) is 1.73. The average Bonchev–Trinajstić information content (AvgIpc) is 2.42. The highest BCUT2D eigenvalue weighted by atomic mass is 35.5. The Hall–Kier alpha value is -1.24. The van der Waals surface area contributed by atoms with Crippen molar-refractivity contribution in [1.29, 1.82) is 5.26 Å². The first kappa shape index (κ1) is 13.2. The third kappa shape index (κ3) is 3.63. The van der Waals surface area contributed by atoms with E-state index in [4.69, 9.17) is 21.6 Å². The van der Waals surface area contributed by atoms with Crippen LogP contribution in [0, 0.1) is 11.3 Å². The fraction of sp³-hybridized carbons (Fsp3) is 0.500. The fourth-order valence-electron chi connectivity index (χ4n) is 2.13. The van der Waals surface area contributed by atoms with Gasteiger partial charge in [-0.2, -0.15) is 5.26 Å². The molecule has 2 rings (SSSR count). The van der Waals surface area contributed by atoms with E-state index in [1.165, 1.54) is 12.8 Å². The van der Waals surface area contributed by atoms with Crippen LogP contribution in [0.4, 0.5) is 5.69 Å². The summed E-state index contributed by atoms with van der Waals surface area (Å²) in [6, 6.07) is 7.37. The van der Waals surface area contributed by atoms with Crippen molar-refractivity contribution >= 4 is 17.3 Å². The minimum Gasteiger partial charge on any atom is -0.384 e. The van der Waals surface area contributed by atoms with Crippen molar-refractivity contribution in [2.45, 2.75) is 31.8 Å². The van der Waals surface area contributed by atoms with Gasteiger partial charge in [-0.05, 0) is 43.9 Å². The number of halogens is 1. The van der Waals surface area contributed by atoms with Gasteiger partial charge in [-0.1, -0.05) is 11.6 Å². The normalized spacial score (nSPS) is 19.2. The molecule has 1 unspecified atom stereocenters. The molecule has 4 heteroatoms. The molecule has 1 atom stereocenters. The number of nitrogens with one attached hydrogen (secondary N) is 1. The number of nitriles is 1. The van der Waals surface area contributed by atoms with Gasteiger partial charge in [0.05, 0.1) is 28.4 Å². The molecule has 0 aromatic heterocycles. The van der Waals surface area contributed by atoms with Crippen LogP contribution in [0.25, 0.3) is 0 Å². The SMILES string of the molecule is N#Cc1ccc(NCCC2CCCCO2)c(Cl)c1. The van der Waals surface area contributed by atoms with Gasteiger partial charge in [-0.3, -0.25) is 0 Å². The molecule has 1 saturated heterocycles. The van der Waals surface area contributed by atoms with E-state index in [0.717, 1.165) is 31.7 Å². The lowest BCUT2D eigenvalue weighted by Gasteiger charge is -2.22. The zero-order valence-electron chi connectivity index (χ0n) is 10.3. The van der Waals surface area contributed by atoms with Gasteiger partial charge < -0.3 is 10.1 Å². The van der Waals surface area contributed by atoms with Crippen molar-refractivity contribution in [3.63, 3.8) is 0 Å². The fourth-order valence-corrected chi connectivity index (χ4v) is 2.38. The van der Waals surface area contributed by atoms with Crippen LogP contribution in [0.3, 0.4) is 0 Å². The topological polar surface area (TPSA) is 45.0 Å². The van der Waals surface area contributed by atoms with Gasteiger partial charge in [0.15, 0.2) is 0 Å². The molecule has 1 N–H and O–H groups in total. The summed E-state index contributed by atoms with van der Waals surface area (Å²) in [5.41, 5.74) is 1.47. The summed E-state index contributed by atoms with van der Waals surface area (Å²) >= 11 is 6.08. The number of anilines is 1. The van der Waals surface area contributed by atoms with Crippen LogP contribution in [0.5, 0.6) is 0 Å². The van der Waals surface area contributed by atoms with E-state index < -0.39 is 0 Å². The van der Waals surface area contributed by atoms with Gasteiger partial charge in [0.25, 0.3) is 0 Å². The molecule has 0 aliphatic carbocycles. The maximum atomic E-state index is 8.75. The van der Waals surface area contributed by atoms with Gasteiger partial charge in [-0.15, -0.1) is 0 Å². The number of hydrogen-bond donors (Lipinski definition) is 1. The molecule has 1 aliphatic heterocycles. The second-order valence-corrected chi connectivity index (χ2v) is 4.92. The monoisotopic (exact) mass is 264 g/mol. The summed E-state index contributed by atoms with van der Waals surface area (Å²) in [6.07, 6.45) is 4.98. The van der Waals surface area contributed by atoms with Crippen molar-refractivity contribution in [2.75, 3.05) is 18.5 Å². The quantitative estimate of drug-likeness (QED) is 0.904. The highest BCUT2D eigenvalue weighted by molar-refractivity contribution is 6.33. The van der Waals surface area contributed by atoms with E-state index in [9.17, 15) is 0 Å². The zero-order chi connectivity index (χ0) is 12.8. The molecule has 0 spiro atoms. The van der Waals surface area contributed by atoms with Crippen LogP contribution < -0.4 is 5.32 Å². The maximum Gasteiger partial charge on any atom is 0.0992 e. The number of hydrogen-bond acceptors (Lipinski definition) is 3. The Morgan fingerprint density at radius 2 is 2.33 bits per heavy atom. The van der Waals surface area contributed by atoms with Crippen LogP contribution >= 0.6 is 11.6 Å². The molecular formula is C14H17ClN2O. The molecule has 1 aromatic carbocycles. The van der Waals surface area contributed by atoms with Crippen LogP contribution in [0.1, 0.15) is 31.2 Å². The first-order chi connectivity index (χ1) is 8.79. The average molecular weight is 265 g/mol. The van der Waals surface area contributed by atoms with Crippen molar-refractivity contribution in [3.05, 3.63) is 28.8 Å². The molecule has 0 amide bonds. The molecule has 18 heavy (non-hydrogen) atoms. The lowest BCUT2D eigenvalue weighted by molar-refractivity contribution is 0.0134. The molecule has 0 radical (unpaired) electrons. The lowest BCUT2D eigenvalue weighted by atomic mass is 10.1. The number of nitrogens with zero attached hydrogens (tertiary/aromatic N) is 1. The summed E-state index contributed by atoms with van der Waals surface area (Å²) in [5, 5.41) is 12.6. The Morgan fingerprint density at radius 1 is 1.44 bits per heavy atom. The van der Waals surface area contributed by atoms with Gasteiger partial charge >= 0.3 is 0 Å². The first-order valence-corrected chi connectivity index (χ1v) is 6.72. The largest absolute Gasteiger partial charge is 0.384 e. The van der Waals surface area contributed by atoms with Crippen LogP contribution in [-0.4, -0.2) is 19.3 Å². The lowest BCUT2D eigenvalue weighted by Crippen LogP contribution is -2.22. The molecule has 96 valence electrons. The van der Waals surface area contributed by atoms with E-state index in [-0.39, 0.29) is 0 Å². The molecule has 1 aliphatic rings. The maximum absolute atomic E-state index is 8.75. The first-order valence-electron chi connectivity index (χ1n) is 6.35. The van der Waals surface area contributed by atoms with Crippen LogP contribution in [0.2, 0.25) is 5.02 Å². The Morgan fingerprint density at radius 3 is 3.00 bits per heavy atom. The standard InChI is InChI=1S/C14H17ClN2O/c15-13-9-11(10-16)4-5-14(13)17-7-6-12-3-1-2-8-18-12/h4-5,9,12,17H,1-3,6-8H2. The Labute approximate surface area is 113 Å². The summed E-state index contributed by atoms with van der Waals surface area (Å²) in [4.78, 5) is 0. The highest BCUT2D eigenvalue weighted by Gasteiger charge is 2.13. The van der Waals surface area contributed by atoms with Gasteiger partial charge in [0.1, 0.15) is 0 Å². The summed E-state index contributed by atoms with van der Waals surface area (Å²) < 4.78 is 5.67. The molecular weight excluding hydrogens is 248 g/mol. The molecule has 1 fully saturated rings. The number of rotatable bonds is 4. The van der Waals surface area contributed by atoms with Crippen molar-refractivity contribution in [1.82, 2.24) is 0 Å². The third-order valence-electron chi connectivity index (χ3n) is 3.15. The number of benzene rings is 1. The van der Waals surface area contributed by atoms with Crippen molar-refractivity contribution < 1.29 is 4.74 Å². The van der Waals surface area contributed by atoms with Gasteiger partial charge in [-0.25, -0.2) is 0 Å². The zero-order valence-corrected chi connectivity index (χ0v) is 11.0. The highest BCUT2D eigenvalue weighted by Crippen LogP contribution is 2.23. The van der Waals surface area contributed by atoms with Crippen LogP contribution in [0.15, 0.2) is 18.2 Å². The molecule has 1 heterocycles. The molecule has 0 bridgehead atoms. The molecule has 1 aromatic rings. The van der Waals surface area contributed by atoms with E-state index in [2.05, 4.69) is 11.4 Å². The molecule has 0 saturated carbocycles. The van der Waals surface area contributed by atoms with Gasteiger partial charge in [0, 0.05) is 13.2 Å². The second kappa shape index (κ2) is 6.63. The number of ether oxygens (including phenoxy) is 1. The van der Waals surface area contributed by atoms with Gasteiger partial charge in [0.2, 0.25) is 0 Å². The smallest absolute Gasteiger partial charge is 0.0992 e. The minimum absolute atomic E-state index is 0.378. The summed E-state index contributed by atoms with van der Waals surface area (Å²) in [5.74, 6) is 0. The van der Waals surface area contributed by atoms with E-state index >= 15 is 0 Å². The van der Waals surface area contributed by atoms with Crippen LogP contribution in [-0.2, 0) is 4.74 Å². The predicted molar refractivity (Wildman–Crippen MR) is 72.9 cm³/mol. The Bertz CT molecular complexity index is 436. The second-order valence-electron chi connectivity index (χ2n) is 4.51. The van der Waals surface area contributed by atoms with E-state index in [1.807, 2.05) is 6.07 Å². The minimum atomic E-state index is 0.378. The predicted octanol–water partition coefficient (Wildman–Crippen LogP) is 3.58. The molecule has 3 nitrogen and oxygen atoms in total. The summed E-state index contributed by atoms with van der Waals surface area (Å²) in [7, 11) is 0. The van der Waals surface area contributed by atoms with Crippen molar-refractivity contribution in [2.24, 2.45) is 0 Å². The third-order valence-corrected chi connectivity index (χ3v) is 3.47.